The monoisotopic (exact) mass is 346 g/mol. The normalized spacial score (nSPS) is 17.2. The van der Waals surface area contributed by atoms with Crippen LogP contribution < -0.4 is 4.90 Å². The molecule has 0 spiro atoms. The second kappa shape index (κ2) is 7.55. The number of amides is 3. The number of carbonyl (C=O) groups is 3. The van der Waals surface area contributed by atoms with Crippen molar-refractivity contribution in [3.63, 3.8) is 0 Å². The summed E-state index contributed by atoms with van der Waals surface area (Å²) in [7, 11) is 7.14. The van der Waals surface area contributed by atoms with Gasteiger partial charge in [0, 0.05) is 59.5 Å². The van der Waals surface area contributed by atoms with Crippen LogP contribution in [0.3, 0.4) is 0 Å². The first-order chi connectivity index (χ1) is 11.7. The Morgan fingerprint density at radius 2 is 1.76 bits per heavy atom. The number of piperazine rings is 1. The SMILES string of the molecule is CC(=O)N1CCN(C(=O)c2cccc(N(C)C)c2)CC1C(=O)N(C)C. The number of rotatable bonds is 3. The maximum Gasteiger partial charge on any atom is 0.254 e. The predicted octanol–water partition coefficient (Wildman–Crippen LogP) is 0.514. The van der Waals surface area contributed by atoms with Crippen LogP contribution in [0.4, 0.5) is 5.69 Å². The van der Waals surface area contributed by atoms with Crippen molar-refractivity contribution in [2.24, 2.45) is 0 Å². The van der Waals surface area contributed by atoms with E-state index in [-0.39, 0.29) is 24.3 Å². The second-order valence-electron chi connectivity index (χ2n) is 6.66. The molecule has 1 atom stereocenters. The lowest BCUT2D eigenvalue weighted by atomic mass is 10.1. The minimum atomic E-state index is -0.637. The molecular weight excluding hydrogens is 320 g/mol. The van der Waals surface area contributed by atoms with Crippen molar-refractivity contribution in [1.29, 1.82) is 0 Å². The Kier molecular flexibility index (Phi) is 5.66. The summed E-state index contributed by atoms with van der Waals surface area (Å²) in [4.78, 5) is 43.8. The molecule has 0 saturated carbocycles. The van der Waals surface area contributed by atoms with Gasteiger partial charge in [-0.15, -0.1) is 0 Å². The molecule has 1 heterocycles. The van der Waals surface area contributed by atoms with Crippen LogP contribution in [-0.4, -0.2) is 86.3 Å². The average molecular weight is 346 g/mol. The van der Waals surface area contributed by atoms with Crippen LogP contribution in [0.2, 0.25) is 0 Å². The molecule has 3 amide bonds. The first kappa shape index (κ1) is 18.8. The molecule has 7 nitrogen and oxygen atoms in total. The second-order valence-corrected chi connectivity index (χ2v) is 6.66. The quantitative estimate of drug-likeness (QED) is 0.800. The van der Waals surface area contributed by atoms with E-state index in [1.807, 2.05) is 37.2 Å². The van der Waals surface area contributed by atoms with Crippen LogP contribution in [0, 0.1) is 0 Å². The first-order valence-corrected chi connectivity index (χ1v) is 8.27. The summed E-state index contributed by atoms with van der Waals surface area (Å²) >= 11 is 0. The fraction of sp³-hybridized carbons (Fsp3) is 0.500. The van der Waals surface area contributed by atoms with Crippen LogP contribution in [0.5, 0.6) is 0 Å². The first-order valence-electron chi connectivity index (χ1n) is 8.27. The van der Waals surface area contributed by atoms with Gasteiger partial charge in [-0.2, -0.15) is 0 Å². The van der Waals surface area contributed by atoms with Gasteiger partial charge in [-0.25, -0.2) is 0 Å². The molecule has 2 rings (SSSR count). The van der Waals surface area contributed by atoms with Crippen molar-refractivity contribution in [2.45, 2.75) is 13.0 Å². The van der Waals surface area contributed by atoms with Crippen LogP contribution >= 0.6 is 0 Å². The molecular formula is C18H26N4O3. The highest BCUT2D eigenvalue weighted by Gasteiger charge is 2.36. The van der Waals surface area contributed by atoms with Gasteiger partial charge in [0.15, 0.2) is 0 Å². The lowest BCUT2D eigenvalue weighted by molar-refractivity contribution is -0.146. The van der Waals surface area contributed by atoms with Gasteiger partial charge in [-0.3, -0.25) is 14.4 Å². The number of carbonyl (C=O) groups excluding carboxylic acids is 3. The van der Waals surface area contributed by atoms with Crippen molar-refractivity contribution >= 4 is 23.4 Å². The Hall–Kier alpha value is -2.57. The van der Waals surface area contributed by atoms with E-state index in [0.29, 0.717) is 18.7 Å². The van der Waals surface area contributed by atoms with E-state index in [2.05, 4.69) is 0 Å². The number of hydrogen-bond acceptors (Lipinski definition) is 4. The minimum absolute atomic E-state index is 0.122. The third-order valence-electron chi connectivity index (χ3n) is 4.41. The van der Waals surface area contributed by atoms with Crippen LogP contribution in [0.15, 0.2) is 24.3 Å². The van der Waals surface area contributed by atoms with Gasteiger partial charge < -0.3 is 19.6 Å². The van der Waals surface area contributed by atoms with Crippen molar-refractivity contribution in [1.82, 2.24) is 14.7 Å². The molecule has 0 N–H and O–H groups in total. The van der Waals surface area contributed by atoms with Gasteiger partial charge in [-0.1, -0.05) is 6.07 Å². The van der Waals surface area contributed by atoms with Crippen molar-refractivity contribution in [2.75, 3.05) is 52.7 Å². The average Bonchev–Trinajstić information content (AvgIpc) is 2.59. The summed E-state index contributed by atoms with van der Waals surface area (Å²) in [6, 6.07) is 6.75. The molecule has 1 aliphatic rings. The number of anilines is 1. The standard InChI is InChI=1S/C18H26N4O3/c1-13(23)22-10-9-21(12-16(22)18(25)20(4)5)17(24)14-7-6-8-15(11-14)19(2)3/h6-8,11,16H,9-10,12H2,1-5H3. The van der Waals surface area contributed by atoms with Gasteiger partial charge >= 0.3 is 0 Å². The largest absolute Gasteiger partial charge is 0.378 e. The zero-order valence-corrected chi connectivity index (χ0v) is 15.5. The molecule has 1 fully saturated rings. The van der Waals surface area contributed by atoms with Gasteiger partial charge in [0.25, 0.3) is 5.91 Å². The Morgan fingerprint density at radius 3 is 2.32 bits per heavy atom. The molecule has 25 heavy (non-hydrogen) atoms. The smallest absolute Gasteiger partial charge is 0.254 e. The van der Waals surface area contributed by atoms with Crippen LogP contribution in [-0.2, 0) is 9.59 Å². The summed E-state index contributed by atoms with van der Waals surface area (Å²) in [6.45, 7) is 2.44. The molecule has 0 bridgehead atoms. The molecule has 1 unspecified atom stereocenters. The molecule has 0 aliphatic carbocycles. The van der Waals surface area contributed by atoms with Gasteiger partial charge in [0.2, 0.25) is 11.8 Å². The highest BCUT2D eigenvalue weighted by molar-refractivity contribution is 5.96. The third-order valence-corrected chi connectivity index (χ3v) is 4.41. The summed E-state index contributed by atoms with van der Waals surface area (Å²) in [5.74, 6) is -0.444. The highest BCUT2D eigenvalue weighted by atomic mass is 16.2. The molecule has 0 radical (unpaired) electrons. The van der Waals surface area contributed by atoms with E-state index in [1.54, 1.807) is 30.0 Å². The van der Waals surface area contributed by atoms with E-state index >= 15 is 0 Å². The maximum absolute atomic E-state index is 12.9. The van der Waals surface area contributed by atoms with E-state index < -0.39 is 6.04 Å². The third kappa shape index (κ3) is 4.10. The van der Waals surface area contributed by atoms with E-state index in [4.69, 9.17) is 0 Å². The number of hydrogen-bond donors (Lipinski definition) is 0. The van der Waals surface area contributed by atoms with Crippen molar-refractivity contribution in [3.8, 4) is 0 Å². The van der Waals surface area contributed by atoms with Gasteiger partial charge in [-0.05, 0) is 18.2 Å². The van der Waals surface area contributed by atoms with E-state index in [0.717, 1.165) is 5.69 Å². The van der Waals surface area contributed by atoms with Crippen molar-refractivity contribution in [3.05, 3.63) is 29.8 Å². The zero-order chi connectivity index (χ0) is 18.7. The Morgan fingerprint density at radius 1 is 1.08 bits per heavy atom. The molecule has 1 aliphatic heterocycles. The van der Waals surface area contributed by atoms with E-state index in [9.17, 15) is 14.4 Å². The maximum atomic E-state index is 12.9. The highest BCUT2D eigenvalue weighted by Crippen LogP contribution is 2.18. The van der Waals surface area contributed by atoms with Gasteiger partial charge in [0.1, 0.15) is 6.04 Å². The van der Waals surface area contributed by atoms with Crippen LogP contribution in [0.1, 0.15) is 17.3 Å². The Bertz CT molecular complexity index is 672. The predicted molar refractivity (Wildman–Crippen MR) is 96.5 cm³/mol. The van der Waals surface area contributed by atoms with E-state index in [1.165, 1.54) is 11.8 Å². The number of likely N-dealkylation sites (N-methyl/N-ethyl adjacent to an activating group) is 1. The summed E-state index contributed by atoms with van der Waals surface area (Å²) < 4.78 is 0. The Labute approximate surface area is 148 Å². The number of benzene rings is 1. The molecule has 1 saturated heterocycles. The molecule has 7 heteroatoms. The fourth-order valence-corrected chi connectivity index (χ4v) is 2.95. The fourth-order valence-electron chi connectivity index (χ4n) is 2.95. The molecule has 0 aromatic heterocycles. The molecule has 136 valence electrons. The summed E-state index contributed by atoms with van der Waals surface area (Å²) in [6.07, 6.45) is 0. The Balaban J connectivity index is 2.22. The van der Waals surface area contributed by atoms with Crippen LogP contribution in [0.25, 0.3) is 0 Å². The lowest BCUT2D eigenvalue weighted by Gasteiger charge is -2.41. The molecule has 1 aromatic rings. The summed E-state index contributed by atoms with van der Waals surface area (Å²) in [5.41, 5.74) is 1.52. The van der Waals surface area contributed by atoms with Crippen molar-refractivity contribution < 1.29 is 14.4 Å². The summed E-state index contributed by atoms with van der Waals surface area (Å²) in [5, 5.41) is 0. The van der Waals surface area contributed by atoms with Gasteiger partial charge in [0.05, 0.1) is 6.54 Å². The zero-order valence-electron chi connectivity index (χ0n) is 15.5. The topological polar surface area (TPSA) is 64.2 Å². The lowest BCUT2D eigenvalue weighted by Crippen LogP contribution is -2.61. The number of nitrogens with zero attached hydrogens (tertiary/aromatic N) is 4. The minimum Gasteiger partial charge on any atom is -0.378 e. The molecule has 1 aromatic carbocycles.